The lowest BCUT2D eigenvalue weighted by molar-refractivity contribution is 0.575. The molecule has 2 N–H and O–H groups in total. The van der Waals surface area contributed by atoms with Crippen molar-refractivity contribution in [2.24, 2.45) is 0 Å². The van der Waals surface area contributed by atoms with E-state index in [-0.39, 0.29) is 6.04 Å². The molecule has 0 spiro atoms. The van der Waals surface area contributed by atoms with E-state index in [1.54, 1.807) is 32.0 Å². The minimum absolute atomic E-state index is 0.142. The van der Waals surface area contributed by atoms with Crippen LogP contribution in [0, 0.1) is 0 Å². The first-order chi connectivity index (χ1) is 6.49. The maximum atomic E-state index is 11.3. The highest BCUT2D eigenvalue weighted by atomic mass is 32.2. The van der Waals surface area contributed by atoms with Gasteiger partial charge in [0.1, 0.15) is 5.82 Å². The molecule has 1 heterocycles. The fraction of sp³-hybridized carbons (Fsp3) is 0.375. The lowest BCUT2D eigenvalue weighted by Crippen LogP contribution is -2.35. The molecule has 0 fully saturated rings. The average Bonchev–Trinajstić information content (AvgIpc) is 2.02. The zero-order valence-corrected chi connectivity index (χ0v) is 8.88. The van der Waals surface area contributed by atoms with Crippen LogP contribution in [0.4, 0.5) is 5.82 Å². The van der Waals surface area contributed by atoms with Crippen LogP contribution in [0.1, 0.15) is 13.8 Å². The molecule has 5 nitrogen and oxygen atoms in total. The van der Waals surface area contributed by atoms with Gasteiger partial charge in [0.25, 0.3) is 10.2 Å². The van der Waals surface area contributed by atoms with Crippen molar-refractivity contribution in [1.82, 2.24) is 9.71 Å². The molecule has 1 aromatic heterocycles. The summed E-state index contributed by atoms with van der Waals surface area (Å²) in [5.74, 6) is 0.306. The van der Waals surface area contributed by atoms with E-state index in [0.29, 0.717) is 5.82 Å². The first-order valence-electron chi connectivity index (χ1n) is 4.21. The van der Waals surface area contributed by atoms with Crippen molar-refractivity contribution < 1.29 is 8.42 Å². The summed E-state index contributed by atoms with van der Waals surface area (Å²) < 4.78 is 27.4. The van der Waals surface area contributed by atoms with E-state index < -0.39 is 10.2 Å². The molecule has 1 aromatic rings. The minimum atomic E-state index is -3.50. The maximum absolute atomic E-state index is 11.3. The summed E-state index contributed by atoms with van der Waals surface area (Å²) in [5.41, 5.74) is 0. The number of hydrogen-bond donors (Lipinski definition) is 2. The molecule has 0 aliphatic carbocycles. The standard InChI is InChI=1S/C8H13N3O2S/c1-7(2)10-14(12,13)11-8-5-3-4-6-9-8/h3-7,10H,1-2H3,(H,9,11). The van der Waals surface area contributed by atoms with Crippen molar-refractivity contribution in [2.75, 3.05) is 4.72 Å². The number of nitrogens with one attached hydrogen (secondary N) is 2. The van der Waals surface area contributed by atoms with Gasteiger partial charge in [0.05, 0.1) is 0 Å². The maximum Gasteiger partial charge on any atom is 0.300 e. The second-order valence-corrected chi connectivity index (χ2v) is 4.54. The second kappa shape index (κ2) is 4.39. The first-order valence-corrected chi connectivity index (χ1v) is 5.69. The normalized spacial score (nSPS) is 11.6. The fourth-order valence-electron chi connectivity index (χ4n) is 0.901. The van der Waals surface area contributed by atoms with Gasteiger partial charge < -0.3 is 0 Å². The summed E-state index contributed by atoms with van der Waals surface area (Å²) in [4.78, 5) is 3.84. The number of aromatic nitrogens is 1. The second-order valence-electron chi connectivity index (χ2n) is 3.09. The summed E-state index contributed by atoms with van der Waals surface area (Å²) in [6.45, 7) is 3.50. The molecule has 0 atom stereocenters. The van der Waals surface area contributed by atoms with Crippen molar-refractivity contribution in [3.63, 3.8) is 0 Å². The van der Waals surface area contributed by atoms with E-state index in [4.69, 9.17) is 0 Å². The molecule has 0 bridgehead atoms. The Bertz CT molecular complexity index is 375. The lowest BCUT2D eigenvalue weighted by Gasteiger charge is -2.10. The van der Waals surface area contributed by atoms with E-state index >= 15 is 0 Å². The van der Waals surface area contributed by atoms with E-state index in [2.05, 4.69) is 14.4 Å². The Morgan fingerprint density at radius 3 is 2.57 bits per heavy atom. The molecule has 0 saturated carbocycles. The largest absolute Gasteiger partial charge is 0.300 e. The van der Waals surface area contributed by atoms with Crippen LogP contribution in [0.3, 0.4) is 0 Å². The van der Waals surface area contributed by atoms with Gasteiger partial charge in [0.15, 0.2) is 0 Å². The van der Waals surface area contributed by atoms with Gasteiger partial charge in [-0.15, -0.1) is 0 Å². The molecular weight excluding hydrogens is 202 g/mol. The van der Waals surface area contributed by atoms with Gasteiger partial charge in [0, 0.05) is 12.2 Å². The number of rotatable bonds is 4. The number of anilines is 1. The predicted octanol–water partition coefficient (Wildman–Crippen LogP) is 0.736. The van der Waals surface area contributed by atoms with Crippen molar-refractivity contribution >= 4 is 16.0 Å². The fourth-order valence-corrected chi connectivity index (χ4v) is 1.98. The van der Waals surface area contributed by atoms with Crippen molar-refractivity contribution in [3.8, 4) is 0 Å². The topological polar surface area (TPSA) is 71.1 Å². The summed E-state index contributed by atoms with van der Waals surface area (Å²) in [6.07, 6.45) is 1.52. The van der Waals surface area contributed by atoms with Crippen LogP contribution < -0.4 is 9.44 Å². The van der Waals surface area contributed by atoms with Gasteiger partial charge in [-0.3, -0.25) is 4.72 Å². The highest BCUT2D eigenvalue weighted by Crippen LogP contribution is 2.02. The van der Waals surface area contributed by atoms with Gasteiger partial charge in [-0.25, -0.2) is 4.98 Å². The summed E-state index contributed by atoms with van der Waals surface area (Å²) >= 11 is 0. The summed E-state index contributed by atoms with van der Waals surface area (Å²) in [6, 6.07) is 4.87. The van der Waals surface area contributed by atoms with E-state index in [9.17, 15) is 8.42 Å². The zero-order valence-electron chi connectivity index (χ0n) is 8.06. The summed E-state index contributed by atoms with van der Waals surface area (Å²) in [7, 11) is -3.50. The third kappa shape index (κ3) is 3.71. The molecule has 0 aliphatic rings. The van der Waals surface area contributed by atoms with Gasteiger partial charge in [-0.05, 0) is 26.0 Å². The Morgan fingerprint density at radius 2 is 2.07 bits per heavy atom. The molecule has 0 aliphatic heterocycles. The SMILES string of the molecule is CC(C)NS(=O)(=O)Nc1ccccn1. The van der Waals surface area contributed by atoms with Crippen LogP contribution in [0.2, 0.25) is 0 Å². The molecule has 78 valence electrons. The highest BCUT2D eigenvalue weighted by molar-refractivity contribution is 7.90. The van der Waals surface area contributed by atoms with Crippen LogP contribution in [0.25, 0.3) is 0 Å². The van der Waals surface area contributed by atoms with Crippen molar-refractivity contribution in [1.29, 1.82) is 0 Å². The van der Waals surface area contributed by atoms with E-state index in [0.717, 1.165) is 0 Å². The Kier molecular flexibility index (Phi) is 3.43. The van der Waals surface area contributed by atoms with Gasteiger partial charge in [-0.2, -0.15) is 13.1 Å². The van der Waals surface area contributed by atoms with Crippen LogP contribution in [0.15, 0.2) is 24.4 Å². The van der Waals surface area contributed by atoms with Crippen LogP contribution in [0.5, 0.6) is 0 Å². The third-order valence-corrected chi connectivity index (χ3v) is 2.55. The van der Waals surface area contributed by atoms with Gasteiger partial charge in [0.2, 0.25) is 0 Å². The van der Waals surface area contributed by atoms with Gasteiger partial charge >= 0.3 is 0 Å². The molecule has 14 heavy (non-hydrogen) atoms. The van der Waals surface area contributed by atoms with Crippen molar-refractivity contribution in [3.05, 3.63) is 24.4 Å². The minimum Gasteiger partial charge on any atom is -0.255 e. The smallest absolute Gasteiger partial charge is 0.255 e. The molecule has 0 unspecified atom stereocenters. The Morgan fingerprint density at radius 1 is 1.36 bits per heavy atom. The Hall–Kier alpha value is -1.14. The molecule has 0 aromatic carbocycles. The zero-order chi connectivity index (χ0) is 10.6. The van der Waals surface area contributed by atoms with E-state index in [1.165, 1.54) is 6.20 Å². The molecule has 0 saturated heterocycles. The lowest BCUT2D eigenvalue weighted by atomic mass is 10.4. The average molecular weight is 215 g/mol. The Labute approximate surface area is 83.7 Å². The quantitative estimate of drug-likeness (QED) is 0.778. The molecule has 6 heteroatoms. The van der Waals surface area contributed by atoms with E-state index in [1.807, 2.05) is 0 Å². The number of pyridine rings is 1. The molecule has 0 amide bonds. The summed E-state index contributed by atoms with van der Waals surface area (Å²) in [5, 5.41) is 0. The van der Waals surface area contributed by atoms with Crippen LogP contribution in [-0.4, -0.2) is 19.4 Å². The molecule has 0 radical (unpaired) electrons. The predicted molar refractivity (Wildman–Crippen MR) is 55.1 cm³/mol. The highest BCUT2D eigenvalue weighted by Gasteiger charge is 2.10. The third-order valence-electron chi connectivity index (χ3n) is 1.29. The first kappa shape index (κ1) is 10.9. The van der Waals surface area contributed by atoms with Crippen LogP contribution in [-0.2, 0) is 10.2 Å². The van der Waals surface area contributed by atoms with Crippen LogP contribution >= 0.6 is 0 Å². The Balaban J connectivity index is 2.70. The van der Waals surface area contributed by atoms with Crippen molar-refractivity contribution in [2.45, 2.75) is 19.9 Å². The number of hydrogen-bond acceptors (Lipinski definition) is 3. The monoisotopic (exact) mass is 215 g/mol. The molecule has 1 rings (SSSR count). The van der Waals surface area contributed by atoms with Gasteiger partial charge in [-0.1, -0.05) is 6.07 Å². The molecular formula is C8H13N3O2S. The number of nitrogens with zero attached hydrogens (tertiary/aromatic N) is 1.